The third kappa shape index (κ3) is 3.73. The van der Waals surface area contributed by atoms with E-state index < -0.39 is 21.6 Å². The van der Waals surface area contributed by atoms with Crippen molar-refractivity contribution in [3.05, 3.63) is 47.3 Å². The molecule has 6 nitrogen and oxygen atoms in total. The molecule has 1 N–H and O–H groups in total. The molecule has 0 spiro atoms. The largest absolute Gasteiger partial charge is 0.318 e. The van der Waals surface area contributed by atoms with Crippen molar-refractivity contribution in [3.63, 3.8) is 0 Å². The van der Waals surface area contributed by atoms with Crippen molar-refractivity contribution in [2.45, 2.75) is 4.90 Å². The van der Waals surface area contributed by atoms with Crippen molar-refractivity contribution < 1.29 is 17.6 Å². The van der Waals surface area contributed by atoms with E-state index in [1.807, 2.05) is 0 Å². The summed E-state index contributed by atoms with van der Waals surface area (Å²) in [5.74, 6) is -1.53. The minimum atomic E-state index is -3.52. The number of sulfone groups is 1. The van der Waals surface area contributed by atoms with Gasteiger partial charge in [-0.3, -0.25) is 9.78 Å². The zero-order valence-corrected chi connectivity index (χ0v) is 12.2. The lowest BCUT2D eigenvalue weighted by Crippen LogP contribution is -2.15. The maximum absolute atomic E-state index is 13.6. The van der Waals surface area contributed by atoms with E-state index in [1.54, 1.807) is 0 Å². The molecular weight excluding hydrogens is 321 g/mol. The number of nitrogens with zero attached hydrogens (tertiary/aromatic N) is 2. The Bertz CT molecular complexity index is 811. The molecule has 1 aromatic carbocycles. The molecule has 1 aromatic heterocycles. The van der Waals surface area contributed by atoms with Gasteiger partial charge in [0, 0.05) is 6.26 Å². The number of carbonyl (C=O) groups excluding carboxylic acids is 1. The molecule has 1 amide bonds. The van der Waals surface area contributed by atoms with Gasteiger partial charge in [0.1, 0.15) is 16.7 Å². The Labute approximate surface area is 124 Å². The SMILES string of the molecule is CS(=O)(=O)c1ccc(F)c(NC(=O)c2cncc(Cl)n2)c1. The predicted octanol–water partition coefficient (Wildman–Crippen LogP) is 1.92. The fourth-order valence-corrected chi connectivity index (χ4v) is 2.26. The van der Waals surface area contributed by atoms with Gasteiger partial charge in [0.05, 0.1) is 23.0 Å². The quantitative estimate of drug-likeness (QED) is 0.869. The van der Waals surface area contributed by atoms with Gasteiger partial charge in [0.25, 0.3) is 5.91 Å². The smallest absolute Gasteiger partial charge is 0.276 e. The van der Waals surface area contributed by atoms with Crippen molar-refractivity contribution in [3.8, 4) is 0 Å². The number of hydrogen-bond donors (Lipinski definition) is 1. The number of carbonyl (C=O) groups is 1. The summed E-state index contributed by atoms with van der Waals surface area (Å²) in [4.78, 5) is 19.2. The van der Waals surface area contributed by atoms with Gasteiger partial charge in [0.2, 0.25) is 0 Å². The molecule has 0 fully saturated rings. The molecule has 1 heterocycles. The van der Waals surface area contributed by atoms with Crippen LogP contribution in [0.4, 0.5) is 10.1 Å². The molecular formula is C12H9ClFN3O3S. The summed E-state index contributed by atoms with van der Waals surface area (Å²) in [6.07, 6.45) is 3.37. The molecule has 0 radical (unpaired) electrons. The Hall–Kier alpha value is -2.06. The molecule has 0 aliphatic carbocycles. The summed E-state index contributed by atoms with van der Waals surface area (Å²) in [5.41, 5.74) is -0.392. The molecule has 2 aromatic rings. The molecule has 9 heteroatoms. The van der Waals surface area contributed by atoms with E-state index in [4.69, 9.17) is 11.6 Å². The predicted molar refractivity (Wildman–Crippen MR) is 74.5 cm³/mol. The summed E-state index contributed by atoms with van der Waals surface area (Å²) in [7, 11) is -3.52. The molecule has 0 saturated heterocycles. The van der Waals surface area contributed by atoms with E-state index in [-0.39, 0.29) is 21.4 Å². The molecule has 0 bridgehead atoms. The van der Waals surface area contributed by atoms with Crippen LogP contribution in [0.3, 0.4) is 0 Å². The van der Waals surface area contributed by atoms with Crippen LogP contribution in [0.25, 0.3) is 0 Å². The third-order valence-corrected chi connectivity index (χ3v) is 3.74. The maximum atomic E-state index is 13.6. The normalized spacial score (nSPS) is 11.2. The number of nitrogens with one attached hydrogen (secondary N) is 1. The van der Waals surface area contributed by atoms with Crippen LogP contribution >= 0.6 is 11.6 Å². The van der Waals surface area contributed by atoms with Gasteiger partial charge in [-0.25, -0.2) is 17.8 Å². The van der Waals surface area contributed by atoms with Crippen LogP contribution in [0.15, 0.2) is 35.5 Å². The molecule has 0 atom stereocenters. The summed E-state index contributed by atoms with van der Waals surface area (Å²) in [6.45, 7) is 0. The number of aromatic nitrogens is 2. The molecule has 2 rings (SSSR count). The molecule has 110 valence electrons. The number of amides is 1. The van der Waals surface area contributed by atoms with E-state index in [0.29, 0.717) is 0 Å². The Balaban J connectivity index is 2.33. The minimum Gasteiger partial charge on any atom is -0.318 e. The Morgan fingerprint density at radius 1 is 1.33 bits per heavy atom. The van der Waals surface area contributed by atoms with E-state index in [0.717, 1.165) is 30.7 Å². The lowest BCUT2D eigenvalue weighted by atomic mass is 10.3. The Morgan fingerprint density at radius 3 is 2.67 bits per heavy atom. The summed E-state index contributed by atoms with van der Waals surface area (Å²) >= 11 is 5.60. The van der Waals surface area contributed by atoms with Crippen LogP contribution in [0.5, 0.6) is 0 Å². The molecule has 0 unspecified atom stereocenters. The van der Waals surface area contributed by atoms with Gasteiger partial charge < -0.3 is 5.32 Å². The van der Waals surface area contributed by atoms with Crippen molar-refractivity contribution in [1.29, 1.82) is 0 Å². The highest BCUT2D eigenvalue weighted by atomic mass is 35.5. The van der Waals surface area contributed by atoms with Gasteiger partial charge >= 0.3 is 0 Å². The second-order valence-corrected chi connectivity index (χ2v) is 6.50. The molecule has 0 saturated carbocycles. The van der Waals surface area contributed by atoms with Crippen LogP contribution < -0.4 is 5.32 Å². The van der Waals surface area contributed by atoms with Crippen LogP contribution in [0, 0.1) is 5.82 Å². The van der Waals surface area contributed by atoms with Gasteiger partial charge in [0.15, 0.2) is 9.84 Å². The highest BCUT2D eigenvalue weighted by Gasteiger charge is 2.15. The highest BCUT2D eigenvalue weighted by Crippen LogP contribution is 2.20. The van der Waals surface area contributed by atoms with E-state index in [9.17, 15) is 17.6 Å². The second kappa shape index (κ2) is 5.74. The number of hydrogen-bond acceptors (Lipinski definition) is 5. The monoisotopic (exact) mass is 329 g/mol. The van der Waals surface area contributed by atoms with Crippen LogP contribution in [0.1, 0.15) is 10.5 Å². The van der Waals surface area contributed by atoms with Gasteiger partial charge in [-0.1, -0.05) is 11.6 Å². The number of anilines is 1. The van der Waals surface area contributed by atoms with Gasteiger partial charge in [-0.15, -0.1) is 0 Å². The van der Waals surface area contributed by atoms with Crippen molar-refractivity contribution in [2.75, 3.05) is 11.6 Å². The third-order valence-electron chi connectivity index (χ3n) is 2.45. The number of rotatable bonds is 3. The summed E-state index contributed by atoms with van der Waals surface area (Å²) < 4.78 is 36.5. The fraction of sp³-hybridized carbons (Fsp3) is 0.0833. The molecule has 0 aliphatic rings. The summed E-state index contributed by atoms with van der Waals surface area (Å²) in [5, 5.41) is 2.23. The second-order valence-electron chi connectivity index (χ2n) is 4.09. The highest BCUT2D eigenvalue weighted by molar-refractivity contribution is 7.90. The average Bonchev–Trinajstić information content (AvgIpc) is 2.40. The van der Waals surface area contributed by atoms with Crippen molar-refractivity contribution >= 4 is 33.0 Å². The lowest BCUT2D eigenvalue weighted by molar-refractivity contribution is 0.102. The van der Waals surface area contributed by atoms with Gasteiger partial charge in [-0.2, -0.15) is 0 Å². The zero-order valence-electron chi connectivity index (χ0n) is 10.7. The topological polar surface area (TPSA) is 89.0 Å². The van der Waals surface area contributed by atoms with E-state index in [1.165, 1.54) is 6.20 Å². The first-order valence-corrected chi connectivity index (χ1v) is 7.83. The van der Waals surface area contributed by atoms with E-state index >= 15 is 0 Å². The minimum absolute atomic E-state index is 0.00742. The fourth-order valence-electron chi connectivity index (χ4n) is 1.47. The lowest BCUT2D eigenvalue weighted by Gasteiger charge is -2.07. The first-order valence-electron chi connectivity index (χ1n) is 5.56. The van der Waals surface area contributed by atoms with Gasteiger partial charge in [-0.05, 0) is 18.2 Å². The van der Waals surface area contributed by atoms with Crippen molar-refractivity contribution in [2.24, 2.45) is 0 Å². The zero-order chi connectivity index (χ0) is 15.6. The number of halogens is 2. The Morgan fingerprint density at radius 2 is 2.05 bits per heavy atom. The molecule has 21 heavy (non-hydrogen) atoms. The van der Waals surface area contributed by atoms with Crippen LogP contribution in [0.2, 0.25) is 5.15 Å². The first-order chi connectivity index (χ1) is 9.77. The van der Waals surface area contributed by atoms with E-state index in [2.05, 4.69) is 15.3 Å². The van der Waals surface area contributed by atoms with Crippen LogP contribution in [-0.4, -0.2) is 30.5 Å². The van der Waals surface area contributed by atoms with Crippen LogP contribution in [-0.2, 0) is 9.84 Å². The standard InChI is InChI=1S/C12H9ClFN3O3S/c1-21(19,20)7-2-3-8(14)9(4-7)17-12(18)10-5-15-6-11(13)16-10/h2-6H,1H3,(H,17,18). The maximum Gasteiger partial charge on any atom is 0.276 e. The van der Waals surface area contributed by atoms with Crippen molar-refractivity contribution in [1.82, 2.24) is 9.97 Å². The molecule has 0 aliphatic heterocycles. The number of benzene rings is 1. The average molecular weight is 330 g/mol. The Kier molecular flexibility index (Phi) is 4.19. The first kappa shape index (κ1) is 15.3. The summed E-state index contributed by atoms with van der Waals surface area (Å²) in [6, 6.07) is 3.09.